The van der Waals surface area contributed by atoms with Crippen LogP contribution < -0.4 is 0 Å². The monoisotopic (exact) mass is 208 g/mol. The van der Waals surface area contributed by atoms with E-state index in [9.17, 15) is 5.11 Å². The molecule has 1 aromatic rings. The highest BCUT2D eigenvalue weighted by molar-refractivity contribution is 5.29. The van der Waals surface area contributed by atoms with Crippen LogP contribution in [0.3, 0.4) is 0 Å². The summed E-state index contributed by atoms with van der Waals surface area (Å²) < 4.78 is 1.93. The number of hydrogen-bond donors (Lipinski definition) is 1. The molecule has 1 aromatic heterocycles. The number of hydrogen-bond acceptors (Lipinski definition) is 2. The van der Waals surface area contributed by atoms with Gasteiger partial charge in [-0.15, -0.1) is 0 Å². The van der Waals surface area contributed by atoms with Gasteiger partial charge in [-0.05, 0) is 18.9 Å². The van der Waals surface area contributed by atoms with Gasteiger partial charge in [-0.25, -0.2) is 0 Å². The molecule has 1 aliphatic carbocycles. The summed E-state index contributed by atoms with van der Waals surface area (Å²) in [5.41, 5.74) is 2.40. The van der Waals surface area contributed by atoms with E-state index in [1.165, 1.54) is 5.69 Å². The Morgan fingerprint density at radius 2 is 2.07 bits per heavy atom. The van der Waals surface area contributed by atoms with E-state index in [1.807, 2.05) is 11.7 Å². The number of rotatable bonds is 2. The van der Waals surface area contributed by atoms with Crippen molar-refractivity contribution >= 4 is 0 Å². The molecule has 2 rings (SSSR count). The van der Waals surface area contributed by atoms with Gasteiger partial charge in [0.05, 0.1) is 12.3 Å². The van der Waals surface area contributed by atoms with Crippen molar-refractivity contribution in [1.29, 1.82) is 0 Å². The van der Waals surface area contributed by atoms with Gasteiger partial charge in [0.25, 0.3) is 0 Å². The first-order valence-corrected chi connectivity index (χ1v) is 5.55. The molecule has 3 heteroatoms. The fourth-order valence-electron chi connectivity index (χ4n) is 1.98. The van der Waals surface area contributed by atoms with Crippen molar-refractivity contribution in [2.75, 3.05) is 6.61 Å². The van der Waals surface area contributed by atoms with Crippen LogP contribution in [0, 0.1) is 0 Å². The van der Waals surface area contributed by atoms with Gasteiger partial charge in [-0.2, -0.15) is 5.10 Å². The largest absolute Gasteiger partial charge is 0.395 e. The second-order valence-corrected chi connectivity index (χ2v) is 5.73. The van der Waals surface area contributed by atoms with Crippen LogP contribution in [0.4, 0.5) is 0 Å². The van der Waals surface area contributed by atoms with Crippen LogP contribution in [0.25, 0.3) is 0 Å². The highest BCUT2D eigenvalue weighted by atomic mass is 16.3. The van der Waals surface area contributed by atoms with Crippen molar-refractivity contribution < 1.29 is 5.11 Å². The Hall–Kier alpha value is -0.830. The predicted molar refractivity (Wildman–Crippen MR) is 59.9 cm³/mol. The highest BCUT2D eigenvalue weighted by Gasteiger charge is 2.46. The van der Waals surface area contributed by atoms with Gasteiger partial charge in [0.15, 0.2) is 0 Å². The number of aryl methyl sites for hydroxylation is 1. The molecule has 1 aliphatic rings. The summed E-state index contributed by atoms with van der Waals surface area (Å²) in [5, 5.41) is 13.9. The molecule has 84 valence electrons. The fourth-order valence-corrected chi connectivity index (χ4v) is 1.98. The minimum Gasteiger partial charge on any atom is -0.395 e. The van der Waals surface area contributed by atoms with Crippen LogP contribution in [0.15, 0.2) is 6.07 Å². The van der Waals surface area contributed by atoms with Crippen molar-refractivity contribution in [1.82, 2.24) is 9.78 Å². The topological polar surface area (TPSA) is 38.0 Å². The molecule has 0 aliphatic heterocycles. The first-order chi connectivity index (χ1) is 6.89. The van der Waals surface area contributed by atoms with Gasteiger partial charge in [-0.3, -0.25) is 4.68 Å². The van der Waals surface area contributed by atoms with Crippen molar-refractivity contribution in [2.45, 2.75) is 44.4 Å². The van der Waals surface area contributed by atoms with Crippen LogP contribution >= 0.6 is 0 Å². The molecule has 1 saturated carbocycles. The first kappa shape index (κ1) is 10.7. The average Bonchev–Trinajstić information content (AvgIpc) is 2.82. The molecule has 1 N–H and O–H groups in total. The molecule has 0 aromatic carbocycles. The number of aliphatic hydroxyl groups is 1. The maximum Gasteiger partial charge on any atom is 0.0681 e. The molecule has 0 spiro atoms. The van der Waals surface area contributed by atoms with E-state index in [4.69, 9.17) is 0 Å². The summed E-state index contributed by atoms with van der Waals surface area (Å²) in [7, 11) is 1.97. The second-order valence-electron chi connectivity index (χ2n) is 5.73. The van der Waals surface area contributed by atoms with Crippen molar-refractivity contribution in [2.24, 2.45) is 7.05 Å². The van der Waals surface area contributed by atoms with E-state index in [0.29, 0.717) is 0 Å². The van der Waals surface area contributed by atoms with Crippen LogP contribution in [0.1, 0.15) is 45.0 Å². The number of aliphatic hydroxyl groups excluding tert-OH is 1. The average molecular weight is 208 g/mol. The van der Waals surface area contributed by atoms with E-state index in [2.05, 4.69) is 31.9 Å². The molecular weight excluding hydrogens is 188 g/mol. The van der Waals surface area contributed by atoms with Crippen LogP contribution in [0.5, 0.6) is 0 Å². The Bertz CT molecular complexity index is 369. The van der Waals surface area contributed by atoms with E-state index in [1.54, 1.807) is 0 Å². The molecule has 1 fully saturated rings. The Kier molecular flexibility index (Phi) is 2.19. The zero-order chi connectivity index (χ0) is 11.3. The molecule has 0 radical (unpaired) electrons. The van der Waals surface area contributed by atoms with Gasteiger partial charge >= 0.3 is 0 Å². The minimum atomic E-state index is 0.0191. The summed E-state index contributed by atoms with van der Waals surface area (Å²) in [6, 6.07) is 2.16. The van der Waals surface area contributed by atoms with E-state index in [-0.39, 0.29) is 17.4 Å². The summed E-state index contributed by atoms with van der Waals surface area (Å²) in [6.07, 6.45) is 2.18. The van der Waals surface area contributed by atoms with Crippen LogP contribution in [0.2, 0.25) is 0 Å². The third kappa shape index (κ3) is 1.69. The quantitative estimate of drug-likeness (QED) is 0.804. The summed E-state index contributed by atoms with van der Waals surface area (Å²) in [6.45, 7) is 6.74. The molecule has 1 heterocycles. The van der Waals surface area contributed by atoms with Crippen LogP contribution in [-0.4, -0.2) is 21.5 Å². The zero-order valence-corrected chi connectivity index (χ0v) is 10.0. The molecular formula is C12H20N2O. The Morgan fingerprint density at radius 1 is 1.47 bits per heavy atom. The molecule has 0 atom stereocenters. The maximum atomic E-state index is 9.41. The van der Waals surface area contributed by atoms with Crippen molar-refractivity contribution in [3.63, 3.8) is 0 Å². The molecule has 0 bridgehead atoms. The molecule has 0 amide bonds. The van der Waals surface area contributed by atoms with Crippen molar-refractivity contribution in [3.8, 4) is 0 Å². The first-order valence-electron chi connectivity index (χ1n) is 5.55. The lowest BCUT2D eigenvalue weighted by Gasteiger charge is -2.14. The Balaban J connectivity index is 2.39. The summed E-state index contributed by atoms with van der Waals surface area (Å²) in [5.74, 6) is 0. The lowest BCUT2D eigenvalue weighted by Crippen LogP contribution is -2.16. The smallest absolute Gasteiger partial charge is 0.0681 e. The molecule has 15 heavy (non-hydrogen) atoms. The Morgan fingerprint density at radius 3 is 2.40 bits per heavy atom. The second kappa shape index (κ2) is 3.08. The third-order valence-corrected chi connectivity index (χ3v) is 3.35. The zero-order valence-electron chi connectivity index (χ0n) is 10.0. The van der Waals surface area contributed by atoms with Gasteiger partial charge in [-0.1, -0.05) is 20.8 Å². The summed E-state index contributed by atoms with van der Waals surface area (Å²) >= 11 is 0. The van der Waals surface area contributed by atoms with Crippen molar-refractivity contribution in [3.05, 3.63) is 17.5 Å². The van der Waals surface area contributed by atoms with Gasteiger partial charge in [0.1, 0.15) is 0 Å². The minimum absolute atomic E-state index is 0.0191. The SMILES string of the molecule is Cn1nc(C(C)(C)C)cc1C1(CO)CC1. The lowest BCUT2D eigenvalue weighted by molar-refractivity contribution is 0.249. The van der Waals surface area contributed by atoms with E-state index >= 15 is 0 Å². The number of aromatic nitrogens is 2. The Labute approximate surface area is 91.1 Å². The van der Waals surface area contributed by atoms with Crippen LogP contribution in [-0.2, 0) is 17.9 Å². The van der Waals surface area contributed by atoms with Gasteiger partial charge in [0, 0.05) is 23.6 Å². The normalized spacial score (nSPS) is 19.3. The molecule has 0 unspecified atom stereocenters. The maximum absolute atomic E-state index is 9.41. The van der Waals surface area contributed by atoms with Gasteiger partial charge in [0.2, 0.25) is 0 Å². The summed E-state index contributed by atoms with van der Waals surface area (Å²) in [4.78, 5) is 0. The molecule has 3 nitrogen and oxygen atoms in total. The van der Waals surface area contributed by atoms with Gasteiger partial charge < -0.3 is 5.11 Å². The lowest BCUT2D eigenvalue weighted by atomic mass is 9.91. The van der Waals surface area contributed by atoms with E-state index in [0.717, 1.165) is 18.5 Å². The fraction of sp³-hybridized carbons (Fsp3) is 0.750. The standard InChI is InChI=1S/C12H20N2O/c1-11(2,3)9-7-10(14(4)13-9)12(8-15)5-6-12/h7,15H,5-6,8H2,1-4H3. The predicted octanol–water partition coefficient (Wildman–Crippen LogP) is 1.74. The highest BCUT2D eigenvalue weighted by Crippen LogP contribution is 2.48. The number of nitrogens with zero attached hydrogens (tertiary/aromatic N) is 2. The third-order valence-electron chi connectivity index (χ3n) is 3.35. The van der Waals surface area contributed by atoms with E-state index < -0.39 is 0 Å². The molecule has 0 saturated heterocycles.